The van der Waals surface area contributed by atoms with Gasteiger partial charge in [-0.05, 0) is 44.2 Å². The van der Waals surface area contributed by atoms with Crippen LogP contribution in [-0.2, 0) is 4.79 Å². The van der Waals surface area contributed by atoms with E-state index in [1.54, 1.807) is 0 Å². The highest BCUT2D eigenvalue weighted by atomic mass is 35.5. The molecule has 0 amide bonds. The lowest BCUT2D eigenvalue weighted by Crippen LogP contribution is -2.41. The van der Waals surface area contributed by atoms with Crippen LogP contribution >= 0.6 is 37.2 Å². The fraction of sp³-hybridized carbons (Fsp3) is 0.933. The molecular weight excluding hydrogens is 345 g/mol. The first kappa shape index (κ1) is 24.7. The first-order valence-corrected chi connectivity index (χ1v) is 7.41. The van der Waals surface area contributed by atoms with Gasteiger partial charge in [0.2, 0.25) is 0 Å². The second-order valence-corrected chi connectivity index (χ2v) is 6.54. The third kappa shape index (κ3) is 6.50. The monoisotopic (exact) mass is 375 g/mol. The number of rotatable bonds is 0. The molecule has 0 spiro atoms. The lowest BCUT2D eigenvalue weighted by molar-refractivity contribution is -0.122. The molecule has 4 fully saturated rings. The number of nitrogens with two attached hydrogens (primary N) is 1. The van der Waals surface area contributed by atoms with Crippen LogP contribution < -0.4 is 5.73 Å². The Balaban J connectivity index is 0. The molecule has 0 radical (unpaired) electrons. The summed E-state index contributed by atoms with van der Waals surface area (Å²) in [6.45, 7) is 6.86. The highest BCUT2D eigenvalue weighted by Gasteiger charge is 2.31. The molecule has 3 unspecified atom stereocenters. The zero-order valence-corrected chi connectivity index (χ0v) is 14.9. The summed E-state index contributed by atoms with van der Waals surface area (Å²) in [6.07, 6.45) is 4.78. The van der Waals surface area contributed by atoms with Crippen LogP contribution in [0.4, 0.5) is 0 Å². The third-order valence-corrected chi connectivity index (χ3v) is 4.79. The fourth-order valence-electron chi connectivity index (χ4n) is 3.96. The van der Waals surface area contributed by atoms with Gasteiger partial charge in [0.15, 0.2) is 0 Å². The second kappa shape index (κ2) is 11.1. The number of Topliss-reactive ketones (excluding diaryl/α,β-unsaturated/α-hetero) is 1. The molecule has 4 rings (SSSR count). The highest BCUT2D eigenvalue weighted by Crippen LogP contribution is 2.25. The summed E-state index contributed by atoms with van der Waals surface area (Å²) >= 11 is 0. The van der Waals surface area contributed by atoms with Gasteiger partial charge < -0.3 is 10.6 Å². The maximum absolute atomic E-state index is 10.9. The number of carbonyl (C=O) groups is 1. The van der Waals surface area contributed by atoms with Crippen molar-refractivity contribution in [3.8, 4) is 0 Å². The number of fused-ring (bicyclic) bond motifs is 4. The van der Waals surface area contributed by atoms with Crippen LogP contribution in [0.3, 0.4) is 0 Å². The average Bonchev–Trinajstić information content (AvgIpc) is 2.83. The summed E-state index contributed by atoms with van der Waals surface area (Å²) in [6, 6.07) is 0.478. The molecule has 4 nitrogen and oxygen atoms in total. The molecule has 4 aliphatic rings. The van der Waals surface area contributed by atoms with Crippen molar-refractivity contribution in [3.05, 3.63) is 0 Å². The van der Waals surface area contributed by atoms with Crippen molar-refractivity contribution in [1.29, 1.82) is 0 Å². The number of nitrogens with zero attached hydrogens (tertiary/aromatic N) is 2. The topological polar surface area (TPSA) is 49.6 Å². The van der Waals surface area contributed by atoms with Crippen LogP contribution in [0.5, 0.6) is 0 Å². The number of piperidine rings is 2. The van der Waals surface area contributed by atoms with Crippen LogP contribution in [0.1, 0.15) is 33.1 Å². The predicted molar refractivity (Wildman–Crippen MR) is 99.8 cm³/mol. The van der Waals surface area contributed by atoms with E-state index in [4.69, 9.17) is 5.73 Å². The molecule has 134 valence electrons. The van der Waals surface area contributed by atoms with Crippen molar-refractivity contribution in [1.82, 2.24) is 9.80 Å². The number of hydrogen-bond donors (Lipinski definition) is 1. The molecule has 0 aromatic heterocycles. The van der Waals surface area contributed by atoms with Crippen molar-refractivity contribution < 1.29 is 4.79 Å². The van der Waals surface area contributed by atoms with Crippen LogP contribution in [-0.4, -0.2) is 60.9 Å². The largest absolute Gasteiger partial charge is 0.327 e. The Morgan fingerprint density at radius 3 is 2.14 bits per heavy atom. The first-order valence-electron chi connectivity index (χ1n) is 7.41. The summed E-state index contributed by atoms with van der Waals surface area (Å²) in [7, 11) is 0. The second-order valence-electron chi connectivity index (χ2n) is 6.54. The van der Waals surface area contributed by atoms with Crippen LogP contribution in [0, 0.1) is 11.8 Å². The maximum atomic E-state index is 10.9. The van der Waals surface area contributed by atoms with Gasteiger partial charge in [0.05, 0.1) is 6.54 Å². The van der Waals surface area contributed by atoms with Gasteiger partial charge in [-0.25, -0.2) is 0 Å². The first-order chi connectivity index (χ1) is 8.69. The molecule has 0 saturated carbocycles. The Bertz CT molecular complexity index is 307. The zero-order chi connectivity index (χ0) is 12.5. The Morgan fingerprint density at radius 2 is 1.50 bits per heavy atom. The van der Waals surface area contributed by atoms with E-state index in [9.17, 15) is 4.79 Å². The van der Waals surface area contributed by atoms with Crippen LogP contribution in [0.25, 0.3) is 0 Å². The standard InChI is InChI=1S/C7H14N2.C7H11NO.CH4.3ClH/c8-7-3-6-1-2-9(4-6)5-7;9-7-3-6-1-2-8(4-6)5-7;;;;/h6-7H,1-5,8H2;6H,1-5H2;1H4;3*1H/t6-,7?;6-;;;;/m11..../s1. The predicted octanol–water partition coefficient (Wildman–Crippen LogP) is 2.22. The minimum absolute atomic E-state index is 0. The highest BCUT2D eigenvalue weighted by molar-refractivity contribution is 5.86. The van der Waals surface area contributed by atoms with Crippen molar-refractivity contribution >= 4 is 43.0 Å². The third-order valence-electron chi connectivity index (χ3n) is 4.79. The van der Waals surface area contributed by atoms with Gasteiger partial charge in [0, 0.05) is 32.1 Å². The molecule has 4 saturated heterocycles. The molecule has 4 aliphatic heterocycles. The molecule has 0 aromatic carbocycles. The van der Waals surface area contributed by atoms with E-state index in [0.29, 0.717) is 17.7 Å². The summed E-state index contributed by atoms with van der Waals surface area (Å²) in [5, 5.41) is 0. The minimum atomic E-state index is 0. The lowest BCUT2D eigenvalue weighted by Gasteiger charge is -2.26. The van der Waals surface area contributed by atoms with Gasteiger partial charge >= 0.3 is 0 Å². The number of ketones is 1. The molecule has 5 atom stereocenters. The van der Waals surface area contributed by atoms with E-state index in [2.05, 4.69) is 9.80 Å². The van der Waals surface area contributed by atoms with E-state index in [0.717, 1.165) is 32.0 Å². The van der Waals surface area contributed by atoms with E-state index in [1.807, 2.05) is 0 Å². The molecule has 7 heteroatoms. The summed E-state index contributed by atoms with van der Waals surface area (Å²) < 4.78 is 0. The smallest absolute Gasteiger partial charge is 0.147 e. The van der Waals surface area contributed by atoms with Gasteiger partial charge in [0.25, 0.3) is 0 Å². The van der Waals surface area contributed by atoms with Crippen molar-refractivity contribution in [3.63, 3.8) is 0 Å². The van der Waals surface area contributed by atoms with E-state index in [1.165, 1.54) is 38.9 Å². The molecule has 4 heterocycles. The number of halogens is 3. The van der Waals surface area contributed by atoms with Crippen molar-refractivity contribution in [2.75, 3.05) is 39.3 Å². The normalized spacial score (nSPS) is 37.3. The van der Waals surface area contributed by atoms with Crippen molar-refractivity contribution in [2.45, 2.75) is 39.2 Å². The average molecular weight is 377 g/mol. The zero-order valence-electron chi connectivity index (χ0n) is 12.4. The Labute approximate surface area is 153 Å². The van der Waals surface area contributed by atoms with E-state index < -0.39 is 0 Å². The molecule has 2 N–H and O–H groups in total. The van der Waals surface area contributed by atoms with Gasteiger partial charge in [0.1, 0.15) is 5.78 Å². The quantitative estimate of drug-likeness (QED) is 0.704. The summed E-state index contributed by atoms with van der Waals surface area (Å²) in [5.41, 5.74) is 5.81. The Hall–Kier alpha value is 0.420. The summed E-state index contributed by atoms with van der Waals surface area (Å²) in [4.78, 5) is 15.6. The Morgan fingerprint density at radius 1 is 0.909 bits per heavy atom. The van der Waals surface area contributed by atoms with Gasteiger partial charge in [-0.15, -0.1) is 37.2 Å². The molecular formula is C15H32Cl3N3O. The number of carbonyl (C=O) groups excluding carboxylic acids is 1. The summed E-state index contributed by atoms with van der Waals surface area (Å²) in [5.74, 6) is 2.10. The SMILES string of the molecule is C.Cl.Cl.Cl.NC1C[C@H]2CCN(C1)C2.O=C1C[C@H]2CCN(C1)C2. The Kier molecular flexibility index (Phi) is 12.4. The van der Waals surface area contributed by atoms with E-state index >= 15 is 0 Å². The molecule has 4 bridgehead atoms. The number of hydrogen-bond acceptors (Lipinski definition) is 4. The lowest BCUT2D eigenvalue weighted by atomic mass is 9.98. The molecule has 0 aliphatic carbocycles. The van der Waals surface area contributed by atoms with Gasteiger partial charge in [-0.1, -0.05) is 7.43 Å². The minimum Gasteiger partial charge on any atom is -0.327 e. The van der Waals surface area contributed by atoms with Gasteiger partial charge in [-0.3, -0.25) is 9.69 Å². The van der Waals surface area contributed by atoms with Gasteiger partial charge in [-0.2, -0.15) is 0 Å². The van der Waals surface area contributed by atoms with E-state index in [-0.39, 0.29) is 44.6 Å². The van der Waals surface area contributed by atoms with Crippen LogP contribution in [0.15, 0.2) is 0 Å². The molecule has 22 heavy (non-hydrogen) atoms. The maximum Gasteiger partial charge on any atom is 0.147 e. The fourth-order valence-corrected chi connectivity index (χ4v) is 3.96. The molecule has 0 aromatic rings. The van der Waals surface area contributed by atoms with Crippen molar-refractivity contribution in [2.24, 2.45) is 17.6 Å². The van der Waals surface area contributed by atoms with Crippen LogP contribution in [0.2, 0.25) is 0 Å².